The molecule has 0 aliphatic heterocycles. The summed E-state index contributed by atoms with van der Waals surface area (Å²) in [5.41, 5.74) is 0.630. The highest BCUT2D eigenvalue weighted by Gasteiger charge is 2.07. The minimum Gasteiger partial charge on any atom is -0.480 e. The number of aliphatic hydroxyl groups excluding tert-OH is 1. The van der Waals surface area contributed by atoms with Gasteiger partial charge in [0, 0.05) is 13.0 Å². The summed E-state index contributed by atoms with van der Waals surface area (Å²) in [4.78, 5) is 8.05. The molecule has 0 aliphatic rings. The Bertz CT molecular complexity index is 278. The van der Waals surface area contributed by atoms with Crippen LogP contribution in [-0.4, -0.2) is 35.9 Å². The molecule has 0 saturated carbocycles. The molecule has 0 aliphatic carbocycles. The van der Waals surface area contributed by atoms with Gasteiger partial charge in [0.15, 0.2) is 0 Å². The number of nitrogens with zero attached hydrogens (tertiary/aromatic N) is 2. The normalized spacial score (nSPS) is 9.77. The van der Waals surface area contributed by atoms with Gasteiger partial charge in [0.25, 0.3) is 0 Å². The minimum atomic E-state index is 0.0252. The maximum absolute atomic E-state index is 8.71. The van der Waals surface area contributed by atoms with Crippen molar-refractivity contribution in [3.8, 4) is 11.8 Å². The fourth-order valence-electron chi connectivity index (χ4n) is 0.921. The second-order valence-electron chi connectivity index (χ2n) is 2.34. The molecule has 0 radical (unpaired) electrons. The van der Waals surface area contributed by atoms with E-state index in [2.05, 4.69) is 9.97 Å². The zero-order valence-corrected chi connectivity index (χ0v) is 7.65. The molecule has 13 heavy (non-hydrogen) atoms. The number of aliphatic hydroxyl groups is 1. The first kappa shape index (κ1) is 9.73. The van der Waals surface area contributed by atoms with Crippen LogP contribution in [0.4, 0.5) is 0 Å². The van der Waals surface area contributed by atoms with Crippen LogP contribution in [0.15, 0.2) is 6.20 Å². The summed E-state index contributed by atoms with van der Waals surface area (Å²) in [5, 5.41) is 8.71. The molecule has 0 fully saturated rings. The van der Waals surface area contributed by atoms with Crippen LogP contribution in [0.2, 0.25) is 0 Å². The fourth-order valence-corrected chi connectivity index (χ4v) is 0.921. The van der Waals surface area contributed by atoms with Crippen LogP contribution in [0.1, 0.15) is 5.69 Å². The van der Waals surface area contributed by atoms with Crippen LogP contribution in [0.3, 0.4) is 0 Å². The minimum absolute atomic E-state index is 0.0252. The van der Waals surface area contributed by atoms with Crippen molar-refractivity contribution in [3.05, 3.63) is 11.9 Å². The van der Waals surface area contributed by atoms with Crippen molar-refractivity contribution in [1.29, 1.82) is 0 Å². The van der Waals surface area contributed by atoms with Gasteiger partial charge in [-0.25, -0.2) is 4.98 Å². The van der Waals surface area contributed by atoms with Gasteiger partial charge in [-0.2, -0.15) is 4.98 Å². The second kappa shape index (κ2) is 4.61. The summed E-state index contributed by atoms with van der Waals surface area (Å²) >= 11 is 0. The van der Waals surface area contributed by atoms with E-state index in [1.54, 1.807) is 0 Å². The molecule has 5 heteroatoms. The molecule has 1 rings (SSSR count). The van der Waals surface area contributed by atoms with Gasteiger partial charge in [-0.1, -0.05) is 0 Å². The lowest BCUT2D eigenvalue weighted by Gasteiger charge is -2.06. The van der Waals surface area contributed by atoms with Gasteiger partial charge in [-0.3, -0.25) is 0 Å². The quantitative estimate of drug-likeness (QED) is 0.715. The Kier molecular flexibility index (Phi) is 3.45. The lowest BCUT2D eigenvalue weighted by atomic mass is 10.3. The average Bonchev–Trinajstić information content (AvgIpc) is 2.19. The monoisotopic (exact) mass is 184 g/mol. The van der Waals surface area contributed by atoms with Crippen LogP contribution >= 0.6 is 0 Å². The Balaban J connectivity index is 2.93. The molecule has 1 aromatic heterocycles. The van der Waals surface area contributed by atoms with E-state index in [-0.39, 0.29) is 6.61 Å². The van der Waals surface area contributed by atoms with E-state index < -0.39 is 0 Å². The molecular weight excluding hydrogens is 172 g/mol. The first-order valence-electron chi connectivity index (χ1n) is 3.86. The molecule has 0 atom stereocenters. The van der Waals surface area contributed by atoms with Crippen molar-refractivity contribution in [1.82, 2.24) is 9.97 Å². The smallest absolute Gasteiger partial charge is 0.238 e. The zero-order chi connectivity index (χ0) is 9.68. The third-order valence-corrected chi connectivity index (χ3v) is 1.54. The maximum Gasteiger partial charge on any atom is 0.238 e. The number of ether oxygens (including phenoxy) is 2. The highest BCUT2D eigenvalue weighted by Crippen LogP contribution is 2.16. The third-order valence-electron chi connectivity index (χ3n) is 1.54. The van der Waals surface area contributed by atoms with Crippen LogP contribution in [0.25, 0.3) is 0 Å². The Morgan fingerprint density at radius 3 is 2.69 bits per heavy atom. The summed E-state index contributed by atoms with van der Waals surface area (Å²) in [5.74, 6) is 0.798. The highest BCUT2D eigenvalue weighted by molar-refractivity contribution is 5.22. The number of aromatic nitrogens is 2. The van der Waals surface area contributed by atoms with Crippen LogP contribution < -0.4 is 9.47 Å². The number of rotatable bonds is 4. The lowest BCUT2D eigenvalue weighted by molar-refractivity contribution is 0.292. The van der Waals surface area contributed by atoms with Gasteiger partial charge in [0.1, 0.15) is 5.69 Å². The van der Waals surface area contributed by atoms with Crippen molar-refractivity contribution < 1.29 is 14.6 Å². The van der Waals surface area contributed by atoms with Gasteiger partial charge in [0.05, 0.1) is 20.4 Å². The van der Waals surface area contributed by atoms with E-state index in [0.717, 1.165) is 0 Å². The molecule has 1 heterocycles. The van der Waals surface area contributed by atoms with Gasteiger partial charge >= 0.3 is 0 Å². The lowest BCUT2D eigenvalue weighted by Crippen LogP contribution is -2.02. The molecule has 0 unspecified atom stereocenters. The van der Waals surface area contributed by atoms with Gasteiger partial charge in [-0.15, -0.1) is 0 Å². The fraction of sp³-hybridized carbons (Fsp3) is 0.500. The van der Waals surface area contributed by atoms with Crippen molar-refractivity contribution >= 4 is 0 Å². The molecule has 0 saturated heterocycles. The number of hydrogen-bond acceptors (Lipinski definition) is 5. The highest BCUT2D eigenvalue weighted by atomic mass is 16.5. The van der Waals surface area contributed by atoms with Crippen molar-refractivity contribution in [2.24, 2.45) is 0 Å². The summed E-state index contributed by atoms with van der Waals surface area (Å²) < 4.78 is 9.85. The molecule has 0 aromatic carbocycles. The standard InChI is InChI=1S/C8H12N2O3/c1-12-7-5-9-6(3-4-11)8(10-7)13-2/h5,11H,3-4H2,1-2H3. The van der Waals surface area contributed by atoms with E-state index in [9.17, 15) is 0 Å². The molecule has 1 N–H and O–H groups in total. The molecule has 1 aromatic rings. The van der Waals surface area contributed by atoms with Gasteiger partial charge in [-0.05, 0) is 0 Å². The zero-order valence-electron chi connectivity index (χ0n) is 7.65. The average molecular weight is 184 g/mol. The molecule has 0 bridgehead atoms. The van der Waals surface area contributed by atoms with Crippen molar-refractivity contribution in [2.75, 3.05) is 20.8 Å². The van der Waals surface area contributed by atoms with Crippen LogP contribution in [0, 0.1) is 0 Å². The van der Waals surface area contributed by atoms with Gasteiger partial charge < -0.3 is 14.6 Å². The van der Waals surface area contributed by atoms with Crippen molar-refractivity contribution in [2.45, 2.75) is 6.42 Å². The molecule has 0 amide bonds. The first-order valence-corrected chi connectivity index (χ1v) is 3.86. The van der Waals surface area contributed by atoms with E-state index in [1.165, 1.54) is 20.4 Å². The second-order valence-corrected chi connectivity index (χ2v) is 2.34. The van der Waals surface area contributed by atoms with Crippen molar-refractivity contribution in [3.63, 3.8) is 0 Å². The van der Waals surface area contributed by atoms with E-state index in [1.807, 2.05) is 0 Å². The summed E-state index contributed by atoms with van der Waals surface area (Å²) in [7, 11) is 3.01. The maximum atomic E-state index is 8.71. The predicted octanol–water partition coefficient (Wildman–Crippen LogP) is 0.0286. The Morgan fingerprint density at radius 2 is 2.15 bits per heavy atom. The van der Waals surface area contributed by atoms with E-state index in [0.29, 0.717) is 23.9 Å². The molecule has 5 nitrogen and oxygen atoms in total. The third kappa shape index (κ3) is 2.29. The SMILES string of the molecule is COc1cnc(CCO)c(OC)n1. The Hall–Kier alpha value is -1.36. The summed E-state index contributed by atoms with van der Waals surface area (Å²) in [6.45, 7) is 0.0252. The summed E-state index contributed by atoms with van der Waals surface area (Å²) in [6.07, 6.45) is 1.92. The first-order chi connectivity index (χ1) is 6.31. The number of methoxy groups -OCH3 is 2. The van der Waals surface area contributed by atoms with Crippen LogP contribution in [0.5, 0.6) is 11.8 Å². The molecule has 0 spiro atoms. The Morgan fingerprint density at radius 1 is 1.38 bits per heavy atom. The van der Waals surface area contributed by atoms with Gasteiger partial charge in [0.2, 0.25) is 11.8 Å². The van der Waals surface area contributed by atoms with Crippen LogP contribution in [-0.2, 0) is 6.42 Å². The topological polar surface area (TPSA) is 64.5 Å². The largest absolute Gasteiger partial charge is 0.480 e. The van der Waals surface area contributed by atoms with E-state index in [4.69, 9.17) is 14.6 Å². The molecular formula is C8H12N2O3. The number of hydrogen-bond donors (Lipinski definition) is 1. The Labute approximate surface area is 76.4 Å². The molecule has 72 valence electrons. The van der Waals surface area contributed by atoms with E-state index >= 15 is 0 Å². The predicted molar refractivity (Wildman–Crippen MR) is 45.9 cm³/mol. The summed E-state index contributed by atoms with van der Waals surface area (Å²) in [6, 6.07) is 0.